The van der Waals surface area contributed by atoms with E-state index < -0.39 is 0 Å². The average molecular weight is 420 g/mol. The molecule has 1 aromatic carbocycles. The normalized spacial score (nSPS) is 15.5. The highest BCUT2D eigenvalue weighted by Crippen LogP contribution is 2.22. The van der Waals surface area contributed by atoms with Gasteiger partial charge in [-0.05, 0) is 82.0 Å². The van der Waals surface area contributed by atoms with Gasteiger partial charge in [-0.15, -0.1) is 0 Å². The van der Waals surface area contributed by atoms with Gasteiger partial charge in [-0.2, -0.15) is 0 Å². The average Bonchev–Trinajstić information content (AvgIpc) is 2.93. The molecule has 3 heterocycles. The van der Waals surface area contributed by atoms with E-state index in [1.54, 1.807) is 30.3 Å². The molecule has 0 unspecified atom stereocenters. The van der Waals surface area contributed by atoms with E-state index in [2.05, 4.69) is 32.1 Å². The molecule has 0 bridgehead atoms. The third-order valence-corrected chi connectivity index (χ3v) is 6.01. The Balaban J connectivity index is 1.42. The van der Waals surface area contributed by atoms with E-state index in [-0.39, 0.29) is 11.3 Å². The van der Waals surface area contributed by atoms with Crippen LogP contribution in [-0.2, 0) is 0 Å². The fourth-order valence-electron chi connectivity index (χ4n) is 4.21. The van der Waals surface area contributed by atoms with Crippen LogP contribution < -0.4 is 10.9 Å². The van der Waals surface area contributed by atoms with Crippen molar-refractivity contribution in [3.63, 3.8) is 0 Å². The van der Waals surface area contributed by atoms with Gasteiger partial charge >= 0.3 is 0 Å². The molecule has 0 aliphatic carbocycles. The van der Waals surface area contributed by atoms with Crippen LogP contribution in [0.1, 0.15) is 43.1 Å². The maximum absolute atomic E-state index is 12.9. The molecule has 7 heteroatoms. The minimum Gasteiger partial charge on any atom is -0.317 e. The summed E-state index contributed by atoms with van der Waals surface area (Å²) in [7, 11) is 0. The van der Waals surface area contributed by atoms with Gasteiger partial charge in [0.15, 0.2) is 11.4 Å². The van der Waals surface area contributed by atoms with Crippen molar-refractivity contribution in [1.82, 2.24) is 25.2 Å². The van der Waals surface area contributed by atoms with Crippen LogP contribution in [0.2, 0.25) is 0 Å². The largest absolute Gasteiger partial charge is 0.317 e. The molecule has 1 aliphatic heterocycles. The molecule has 1 aliphatic rings. The van der Waals surface area contributed by atoms with Crippen molar-refractivity contribution in [2.45, 2.75) is 32.6 Å². The first-order valence-corrected chi connectivity index (χ1v) is 11.2. The third kappa shape index (κ3) is 5.29. The topological polar surface area (TPSA) is 88.1 Å². The van der Waals surface area contributed by atoms with E-state index in [1.165, 1.54) is 12.8 Å². The number of nitrogens with one attached hydrogen (secondary N) is 1. The number of para-hydroxylation sites is 1. The molecule has 0 radical (unpaired) electrons. The summed E-state index contributed by atoms with van der Waals surface area (Å²) >= 11 is 0. The summed E-state index contributed by atoms with van der Waals surface area (Å²) in [5.74, 6) is 0.737. The van der Waals surface area contributed by atoms with E-state index >= 15 is 0 Å². The van der Waals surface area contributed by atoms with Gasteiger partial charge in [-0.1, -0.05) is 19.1 Å². The molecule has 1 saturated heterocycles. The number of pyridine rings is 1. The Labute approximate surface area is 181 Å². The number of likely N-dealkylation sites (tertiary alicyclic amines) is 1. The lowest BCUT2D eigenvalue weighted by Crippen LogP contribution is -2.37. The molecule has 2 aromatic heterocycles. The minimum absolute atomic E-state index is 0.0209. The second-order valence-corrected chi connectivity index (χ2v) is 8.22. The highest BCUT2D eigenvalue weighted by Gasteiger charge is 2.21. The van der Waals surface area contributed by atoms with E-state index in [0.29, 0.717) is 34.3 Å². The van der Waals surface area contributed by atoms with Crippen LogP contribution >= 0.6 is 0 Å². The first-order chi connectivity index (χ1) is 15.1. The minimum atomic E-state index is -0.340. The maximum Gasteiger partial charge on any atom is 0.279 e. The molecule has 7 nitrogen and oxygen atoms in total. The lowest BCUT2D eigenvalue weighted by Gasteiger charge is -2.31. The summed E-state index contributed by atoms with van der Waals surface area (Å²) < 4.78 is 0. The molecular weight excluding hydrogens is 390 g/mol. The lowest BCUT2D eigenvalue weighted by molar-refractivity contribution is 0.0888. The number of ketones is 1. The standard InChI is InChI=1S/C24H29N5O2/c1-2-25-13-5-6-17-11-14-29(15-12-17)16-22(30)20-9-10-21-23(27-20)26-19-8-4-3-7-18(19)24(31)28-21/h3-4,7-10,17,25H,2,5-6,11-16H2,1H3. The molecular formula is C24H29N5O2. The second kappa shape index (κ2) is 10.0. The van der Waals surface area contributed by atoms with Crippen molar-refractivity contribution in [2.75, 3.05) is 32.7 Å². The van der Waals surface area contributed by atoms with Gasteiger partial charge < -0.3 is 5.32 Å². The quantitative estimate of drug-likeness (QED) is 0.444. The van der Waals surface area contributed by atoms with Crippen LogP contribution in [0, 0.1) is 5.92 Å². The number of benzene rings is 1. The predicted octanol–water partition coefficient (Wildman–Crippen LogP) is 2.82. The lowest BCUT2D eigenvalue weighted by atomic mass is 9.92. The van der Waals surface area contributed by atoms with Crippen molar-refractivity contribution in [3.05, 3.63) is 52.4 Å². The Morgan fingerprint density at radius 3 is 2.68 bits per heavy atom. The van der Waals surface area contributed by atoms with Crippen LogP contribution in [-0.4, -0.2) is 58.4 Å². The fraction of sp³-hybridized carbons (Fsp3) is 0.458. The first-order valence-electron chi connectivity index (χ1n) is 11.2. The number of carbonyl (C=O) groups is 1. The number of nitrogens with zero attached hydrogens (tertiary/aromatic N) is 4. The number of piperidine rings is 1. The summed E-state index contributed by atoms with van der Waals surface area (Å²) in [4.78, 5) is 40.5. The van der Waals surface area contributed by atoms with Gasteiger partial charge in [0.1, 0.15) is 11.2 Å². The van der Waals surface area contributed by atoms with Crippen LogP contribution in [0.4, 0.5) is 0 Å². The van der Waals surface area contributed by atoms with E-state index in [0.717, 1.165) is 44.9 Å². The Morgan fingerprint density at radius 1 is 1.06 bits per heavy atom. The summed E-state index contributed by atoms with van der Waals surface area (Å²) in [6.45, 7) is 6.51. The zero-order chi connectivity index (χ0) is 21.6. The smallest absolute Gasteiger partial charge is 0.279 e. The number of hydrogen-bond acceptors (Lipinski definition) is 7. The molecule has 0 atom stereocenters. The van der Waals surface area contributed by atoms with Crippen LogP contribution in [0.5, 0.6) is 0 Å². The molecule has 162 valence electrons. The number of carbonyl (C=O) groups excluding carboxylic acids is 1. The predicted molar refractivity (Wildman–Crippen MR) is 122 cm³/mol. The highest BCUT2D eigenvalue weighted by atomic mass is 16.1. The highest BCUT2D eigenvalue weighted by molar-refractivity contribution is 5.97. The van der Waals surface area contributed by atoms with Crippen molar-refractivity contribution in [2.24, 2.45) is 5.92 Å². The van der Waals surface area contributed by atoms with E-state index in [1.807, 2.05) is 6.07 Å². The van der Waals surface area contributed by atoms with Crippen molar-refractivity contribution < 1.29 is 4.79 Å². The SMILES string of the molecule is CCNCCCC1CCN(CC(=O)c2ccc3nc(=O)c4ccccc4nc3n2)CC1. The molecule has 4 rings (SSSR count). The zero-order valence-electron chi connectivity index (χ0n) is 18.0. The van der Waals surface area contributed by atoms with Gasteiger partial charge in [0.2, 0.25) is 0 Å². The van der Waals surface area contributed by atoms with Gasteiger partial charge in [-0.25, -0.2) is 15.0 Å². The van der Waals surface area contributed by atoms with Crippen molar-refractivity contribution in [1.29, 1.82) is 0 Å². The Morgan fingerprint density at radius 2 is 1.87 bits per heavy atom. The maximum atomic E-state index is 12.9. The zero-order valence-corrected chi connectivity index (χ0v) is 18.0. The Bertz CT molecular complexity index is 1130. The number of aromatic nitrogens is 3. The molecule has 0 saturated carbocycles. The fourth-order valence-corrected chi connectivity index (χ4v) is 4.21. The van der Waals surface area contributed by atoms with Gasteiger partial charge in [0.25, 0.3) is 5.56 Å². The first kappa shape index (κ1) is 21.5. The van der Waals surface area contributed by atoms with E-state index in [9.17, 15) is 9.59 Å². The van der Waals surface area contributed by atoms with Crippen LogP contribution in [0.3, 0.4) is 0 Å². The summed E-state index contributed by atoms with van der Waals surface area (Å²) in [5.41, 5.74) is 1.28. The molecule has 1 N–H and O–H groups in total. The Kier molecular flexibility index (Phi) is 6.94. The molecule has 0 amide bonds. The molecule has 0 spiro atoms. The van der Waals surface area contributed by atoms with Gasteiger partial charge in [0.05, 0.1) is 17.4 Å². The van der Waals surface area contributed by atoms with Crippen LogP contribution in [0.25, 0.3) is 22.1 Å². The summed E-state index contributed by atoms with van der Waals surface area (Å²) in [6, 6.07) is 10.4. The Hall–Kier alpha value is -2.77. The molecule has 3 aromatic rings. The monoisotopic (exact) mass is 419 g/mol. The third-order valence-electron chi connectivity index (χ3n) is 6.01. The number of hydrogen-bond donors (Lipinski definition) is 1. The second-order valence-electron chi connectivity index (χ2n) is 8.22. The molecule has 31 heavy (non-hydrogen) atoms. The van der Waals surface area contributed by atoms with Crippen LogP contribution in [0.15, 0.2) is 41.2 Å². The molecule has 1 fully saturated rings. The number of fused-ring (bicyclic) bond motifs is 2. The summed E-state index contributed by atoms with van der Waals surface area (Å²) in [6.07, 6.45) is 4.76. The number of rotatable bonds is 8. The number of Topliss-reactive ketones (excluding diaryl/α,β-unsaturated/α-hetero) is 1. The van der Waals surface area contributed by atoms with Gasteiger partial charge in [0, 0.05) is 0 Å². The summed E-state index contributed by atoms with van der Waals surface area (Å²) in [5, 5.41) is 3.83. The van der Waals surface area contributed by atoms with Crippen molar-refractivity contribution in [3.8, 4) is 0 Å². The van der Waals surface area contributed by atoms with Crippen molar-refractivity contribution >= 4 is 27.9 Å². The van der Waals surface area contributed by atoms with E-state index in [4.69, 9.17) is 0 Å². The van der Waals surface area contributed by atoms with Gasteiger partial charge in [-0.3, -0.25) is 14.5 Å².